The van der Waals surface area contributed by atoms with Crippen molar-refractivity contribution in [1.29, 1.82) is 5.41 Å². The average molecular weight is 288 g/mol. The van der Waals surface area contributed by atoms with Crippen molar-refractivity contribution < 1.29 is 9.53 Å². The zero-order valence-corrected chi connectivity index (χ0v) is 13.1. The van der Waals surface area contributed by atoms with Crippen molar-refractivity contribution in [2.24, 2.45) is 0 Å². The molecule has 0 amide bonds. The summed E-state index contributed by atoms with van der Waals surface area (Å²) in [7, 11) is 0. The molecule has 0 aromatic heterocycles. The first-order valence-electron chi connectivity index (χ1n) is 7.51. The van der Waals surface area contributed by atoms with Crippen molar-refractivity contribution in [3.05, 3.63) is 29.3 Å². The van der Waals surface area contributed by atoms with Gasteiger partial charge >= 0.3 is 0 Å². The Labute approximate surface area is 126 Å². The number of ketones is 1. The van der Waals surface area contributed by atoms with Crippen molar-refractivity contribution in [2.75, 3.05) is 11.9 Å². The standard InChI is InChI=1S/C17H24N2O2/c1-17(2,3)21-16(18)5-4-10-19-13-8-6-12-7-9-15(20)14(12)11-13/h6,8,11,18-19H,4-5,7,9-10H2,1-3H3. The highest BCUT2D eigenvalue weighted by molar-refractivity contribution is 6.01. The van der Waals surface area contributed by atoms with Crippen LogP contribution in [0.5, 0.6) is 0 Å². The number of nitrogens with one attached hydrogen (secondary N) is 2. The smallest absolute Gasteiger partial charge is 0.181 e. The van der Waals surface area contributed by atoms with Gasteiger partial charge in [-0.1, -0.05) is 6.07 Å². The Hall–Kier alpha value is -1.84. The van der Waals surface area contributed by atoms with E-state index in [0.29, 0.717) is 18.7 Å². The van der Waals surface area contributed by atoms with Crippen LogP contribution < -0.4 is 5.32 Å². The lowest BCUT2D eigenvalue weighted by Crippen LogP contribution is -2.23. The highest BCUT2D eigenvalue weighted by Gasteiger charge is 2.19. The van der Waals surface area contributed by atoms with Crippen LogP contribution in [0.3, 0.4) is 0 Å². The molecule has 1 aliphatic carbocycles. The molecule has 2 rings (SSSR count). The topological polar surface area (TPSA) is 62.2 Å². The first-order chi connectivity index (χ1) is 9.85. The molecule has 0 spiro atoms. The minimum atomic E-state index is -0.301. The Morgan fingerprint density at radius 2 is 2.10 bits per heavy atom. The Morgan fingerprint density at radius 1 is 1.33 bits per heavy atom. The second-order valence-electron chi connectivity index (χ2n) is 6.46. The molecule has 0 bridgehead atoms. The summed E-state index contributed by atoms with van der Waals surface area (Å²) in [4.78, 5) is 11.7. The number of fused-ring (bicyclic) bond motifs is 1. The molecule has 0 unspecified atom stereocenters. The molecule has 1 aromatic rings. The number of rotatable bonds is 5. The quantitative estimate of drug-likeness (QED) is 0.492. The Kier molecular flexibility index (Phi) is 4.66. The third-order valence-electron chi connectivity index (χ3n) is 3.37. The largest absolute Gasteiger partial charge is 0.476 e. The summed E-state index contributed by atoms with van der Waals surface area (Å²) in [6.07, 6.45) is 2.96. The van der Waals surface area contributed by atoms with Gasteiger partial charge in [0.1, 0.15) is 5.60 Å². The number of hydrogen-bond donors (Lipinski definition) is 2. The van der Waals surface area contributed by atoms with Gasteiger partial charge in [-0.3, -0.25) is 10.2 Å². The molecule has 1 aliphatic rings. The van der Waals surface area contributed by atoms with E-state index in [-0.39, 0.29) is 11.4 Å². The summed E-state index contributed by atoms with van der Waals surface area (Å²) >= 11 is 0. The second-order valence-corrected chi connectivity index (χ2v) is 6.46. The van der Waals surface area contributed by atoms with Gasteiger partial charge in [-0.05, 0) is 51.3 Å². The lowest BCUT2D eigenvalue weighted by Gasteiger charge is -2.21. The van der Waals surface area contributed by atoms with Gasteiger partial charge in [-0.25, -0.2) is 0 Å². The van der Waals surface area contributed by atoms with Crippen LogP contribution in [0, 0.1) is 5.41 Å². The summed E-state index contributed by atoms with van der Waals surface area (Å²) in [5.74, 6) is 0.572. The van der Waals surface area contributed by atoms with Crippen molar-refractivity contribution in [3.8, 4) is 0 Å². The maximum Gasteiger partial charge on any atom is 0.181 e. The molecule has 1 aromatic carbocycles. The molecule has 0 heterocycles. The summed E-state index contributed by atoms with van der Waals surface area (Å²) in [6, 6.07) is 6.00. The molecule has 4 nitrogen and oxygen atoms in total. The van der Waals surface area contributed by atoms with Gasteiger partial charge in [0, 0.05) is 30.6 Å². The van der Waals surface area contributed by atoms with Gasteiger partial charge in [0.2, 0.25) is 0 Å². The number of Topliss-reactive ketones (excluding diaryl/α,β-unsaturated/α-hetero) is 1. The maximum atomic E-state index is 11.7. The lowest BCUT2D eigenvalue weighted by molar-refractivity contribution is 0.0994. The number of ether oxygens (including phenoxy) is 1. The van der Waals surface area contributed by atoms with Crippen molar-refractivity contribution in [2.45, 2.75) is 52.1 Å². The molecule has 114 valence electrons. The predicted octanol–water partition coefficient (Wildman–Crippen LogP) is 3.80. The number of hydrogen-bond acceptors (Lipinski definition) is 4. The Morgan fingerprint density at radius 3 is 2.81 bits per heavy atom. The molecule has 0 saturated heterocycles. The summed E-state index contributed by atoms with van der Waals surface area (Å²) in [5.41, 5.74) is 2.70. The van der Waals surface area contributed by atoms with Crippen LogP contribution in [0.25, 0.3) is 0 Å². The van der Waals surface area contributed by atoms with E-state index in [1.807, 2.05) is 39.0 Å². The molecular formula is C17H24N2O2. The number of benzene rings is 1. The molecule has 0 fully saturated rings. The molecular weight excluding hydrogens is 264 g/mol. The van der Waals surface area contributed by atoms with Crippen LogP contribution >= 0.6 is 0 Å². The Balaban J connectivity index is 1.76. The monoisotopic (exact) mass is 288 g/mol. The fourth-order valence-electron chi connectivity index (χ4n) is 2.45. The SMILES string of the molecule is CC(C)(C)OC(=N)CCCNc1ccc2c(c1)C(=O)CC2. The molecule has 21 heavy (non-hydrogen) atoms. The van der Waals surface area contributed by atoms with Gasteiger partial charge in [-0.2, -0.15) is 0 Å². The van der Waals surface area contributed by atoms with Crippen molar-refractivity contribution >= 4 is 17.4 Å². The van der Waals surface area contributed by atoms with Crippen LogP contribution in [0.15, 0.2) is 18.2 Å². The van der Waals surface area contributed by atoms with Crippen molar-refractivity contribution in [1.82, 2.24) is 0 Å². The van der Waals surface area contributed by atoms with Gasteiger partial charge in [0.25, 0.3) is 0 Å². The van der Waals surface area contributed by atoms with Crippen LogP contribution in [0.4, 0.5) is 5.69 Å². The minimum absolute atomic E-state index is 0.244. The Bertz CT molecular complexity index is 544. The highest BCUT2D eigenvalue weighted by atomic mass is 16.5. The second kappa shape index (κ2) is 6.29. The predicted molar refractivity (Wildman–Crippen MR) is 85.4 cm³/mol. The zero-order chi connectivity index (χ0) is 15.5. The van der Waals surface area contributed by atoms with E-state index in [4.69, 9.17) is 10.1 Å². The average Bonchev–Trinajstić information content (AvgIpc) is 2.74. The van der Waals surface area contributed by atoms with Crippen LogP contribution in [-0.4, -0.2) is 23.8 Å². The van der Waals surface area contributed by atoms with E-state index < -0.39 is 0 Å². The van der Waals surface area contributed by atoms with Crippen molar-refractivity contribution in [3.63, 3.8) is 0 Å². The maximum absolute atomic E-state index is 11.7. The molecule has 0 atom stereocenters. The number of aryl methyl sites for hydroxylation is 1. The first-order valence-corrected chi connectivity index (χ1v) is 7.51. The third kappa shape index (κ3) is 4.59. The molecule has 0 saturated carbocycles. The molecule has 0 radical (unpaired) electrons. The zero-order valence-electron chi connectivity index (χ0n) is 13.1. The van der Waals surface area contributed by atoms with Gasteiger partial charge < -0.3 is 10.1 Å². The number of carbonyl (C=O) groups excluding carboxylic acids is 1. The fourth-order valence-corrected chi connectivity index (χ4v) is 2.45. The molecule has 4 heteroatoms. The molecule has 2 N–H and O–H groups in total. The fraction of sp³-hybridized carbons (Fsp3) is 0.529. The van der Waals surface area contributed by atoms with E-state index in [1.165, 1.54) is 0 Å². The van der Waals surface area contributed by atoms with E-state index in [9.17, 15) is 4.79 Å². The first kappa shape index (κ1) is 15.5. The summed E-state index contributed by atoms with van der Waals surface area (Å²) < 4.78 is 5.48. The summed E-state index contributed by atoms with van der Waals surface area (Å²) in [5, 5.41) is 11.1. The summed E-state index contributed by atoms with van der Waals surface area (Å²) in [6.45, 7) is 6.60. The van der Waals surface area contributed by atoms with Gasteiger partial charge in [0.05, 0.1) is 0 Å². The minimum Gasteiger partial charge on any atom is -0.476 e. The highest BCUT2D eigenvalue weighted by Crippen LogP contribution is 2.25. The van der Waals surface area contributed by atoms with E-state index in [1.54, 1.807) is 0 Å². The van der Waals surface area contributed by atoms with Crippen LogP contribution in [-0.2, 0) is 11.2 Å². The normalized spacial score (nSPS) is 14.0. The third-order valence-corrected chi connectivity index (χ3v) is 3.37. The van der Waals surface area contributed by atoms with E-state index >= 15 is 0 Å². The molecule has 0 aliphatic heterocycles. The van der Waals surface area contributed by atoms with Crippen LogP contribution in [0.2, 0.25) is 0 Å². The number of carbonyl (C=O) groups is 1. The van der Waals surface area contributed by atoms with Gasteiger partial charge in [-0.15, -0.1) is 0 Å². The lowest BCUT2D eigenvalue weighted by atomic mass is 10.1. The van der Waals surface area contributed by atoms with E-state index in [0.717, 1.165) is 36.2 Å². The van der Waals surface area contributed by atoms with E-state index in [2.05, 4.69) is 5.32 Å². The van der Waals surface area contributed by atoms with Crippen LogP contribution in [0.1, 0.15) is 56.0 Å². The van der Waals surface area contributed by atoms with Gasteiger partial charge in [0.15, 0.2) is 11.7 Å². The number of anilines is 1.